The number of sulfone groups is 1. The summed E-state index contributed by atoms with van der Waals surface area (Å²) in [5, 5.41) is 12.2. The maximum absolute atomic E-state index is 14.6. The monoisotopic (exact) mass is 1080 g/mol. The van der Waals surface area contributed by atoms with Gasteiger partial charge in [0.15, 0.2) is 15.6 Å². The van der Waals surface area contributed by atoms with E-state index < -0.39 is 87.6 Å². The number of ether oxygens (including phenoxy) is 8. The van der Waals surface area contributed by atoms with Crippen molar-refractivity contribution in [1.82, 2.24) is 4.90 Å². The molecular weight excluding hydrogens is 987 g/mol. The van der Waals surface area contributed by atoms with Crippen LogP contribution in [-0.4, -0.2) is 169 Å². The quantitative estimate of drug-likeness (QED) is 0.106. The van der Waals surface area contributed by atoms with Crippen LogP contribution in [-0.2, 0) is 71.7 Å². The molecule has 18 heteroatoms. The van der Waals surface area contributed by atoms with Gasteiger partial charge >= 0.3 is 5.97 Å². The van der Waals surface area contributed by atoms with Crippen LogP contribution in [0, 0.1) is 35.5 Å². The van der Waals surface area contributed by atoms with Crippen LogP contribution in [0.25, 0.3) is 0 Å². The third-order valence-corrected chi connectivity index (χ3v) is 17.6. The van der Waals surface area contributed by atoms with Gasteiger partial charge in [-0.3, -0.25) is 19.2 Å². The highest BCUT2D eigenvalue weighted by atomic mass is 32.2. The van der Waals surface area contributed by atoms with Crippen molar-refractivity contribution in [3.63, 3.8) is 0 Å². The number of ketones is 3. The van der Waals surface area contributed by atoms with Gasteiger partial charge in [-0.25, -0.2) is 13.2 Å². The topological polar surface area (TPSA) is 217 Å². The summed E-state index contributed by atoms with van der Waals surface area (Å²) in [7, 11) is 4.23. The van der Waals surface area contributed by atoms with Crippen LogP contribution in [0.5, 0.6) is 0 Å². The highest BCUT2D eigenvalue weighted by Gasteiger charge is 2.53. The summed E-state index contributed by atoms with van der Waals surface area (Å²) >= 11 is 0. The van der Waals surface area contributed by atoms with E-state index in [-0.39, 0.29) is 92.1 Å². The number of aliphatic hydroxyl groups is 1. The fourth-order valence-electron chi connectivity index (χ4n) is 11.2. The SMILES string of the molecule is COCCS(=O)(=O)CCOC1C[C@@H]2CC[C@@H](C)[C@@](O)(O2)C(=O)C(=O)N2CCCC[C@H]2C(=O)O[C@H]([C@H](C)C[C@@H]2CC[C@@H](OC)[C@H](OC)C2)CC(=O)[C@H](C)/C=C(\C)[C@@H](OC)[C@@H](OC)C(=O)[C@H](C)C[C@H](C)/C=C/C=C/C=C/1C. The Balaban J connectivity index is 1.74. The number of nitrogens with zero attached hydrogens (tertiary/aromatic N) is 1. The first-order chi connectivity index (χ1) is 35.5. The van der Waals surface area contributed by atoms with Crippen LogP contribution in [0.15, 0.2) is 47.6 Å². The molecular formula is C57H91NO16S. The van der Waals surface area contributed by atoms with Crippen LogP contribution < -0.4 is 0 Å². The fraction of sp³-hybridized carbons (Fsp3) is 0.772. The lowest BCUT2D eigenvalue weighted by molar-refractivity contribution is -0.266. The van der Waals surface area contributed by atoms with E-state index in [1.165, 1.54) is 26.2 Å². The minimum Gasteiger partial charge on any atom is -0.460 e. The second-order valence-corrected chi connectivity index (χ2v) is 24.1. The summed E-state index contributed by atoms with van der Waals surface area (Å²) in [6.07, 6.45) is 12.3. The normalized spacial score (nSPS) is 36.8. The molecule has 15 atom stereocenters. The molecule has 0 aromatic heterocycles. The zero-order valence-electron chi connectivity index (χ0n) is 47.0. The van der Waals surface area contributed by atoms with Crippen molar-refractivity contribution >= 4 is 39.1 Å². The molecule has 3 fully saturated rings. The minimum absolute atomic E-state index is 0.00944. The summed E-state index contributed by atoms with van der Waals surface area (Å²) < 4.78 is 72.5. The standard InChI is InChI=1S/C57H91NO16S/c1-36-18-14-13-15-19-37(2)48(72-27-29-75(65,66)28-26-67-8)34-44-23-21-42(7)57(64,74-44)54(61)55(62)58-25-17-16-20-45(58)56(63)73-49(39(4)32-43-22-24-47(68-9)50(33-43)69-10)35-46(59)38(3)31-41(6)52(70-11)53(71-12)51(60)40(5)30-36/h13-15,18-19,31,36,38-40,42-45,47-50,52-53,64H,16-17,20-30,32-35H2,1-12H3/b15-13+,18-14+,37-19+,41-31+/t36-,38-,39-,40-,42-,43+,44+,45+,47-,48?,49+,50-,52-,53+,57-/m1/s1. The number of cyclic esters (lactones) is 1. The van der Waals surface area contributed by atoms with Gasteiger partial charge < -0.3 is 47.9 Å². The van der Waals surface area contributed by atoms with E-state index in [0.717, 1.165) is 24.8 Å². The molecule has 0 spiro atoms. The zero-order valence-corrected chi connectivity index (χ0v) is 47.8. The van der Waals surface area contributed by atoms with Crippen molar-refractivity contribution in [2.45, 2.75) is 180 Å². The number of fused-ring (bicyclic) bond motifs is 3. The first-order valence-electron chi connectivity index (χ1n) is 27.2. The lowest BCUT2D eigenvalue weighted by Gasteiger charge is -2.43. The summed E-state index contributed by atoms with van der Waals surface area (Å²) in [4.78, 5) is 73.2. The Hall–Kier alpha value is -3.46. The van der Waals surface area contributed by atoms with Crippen molar-refractivity contribution in [1.29, 1.82) is 0 Å². The predicted octanol–water partition coefficient (Wildman–Crippen LogP) is 6.92. The molecule has 0 aromatic rings. The van der Waals surface area contributed by atoms with E-state index in [1.54, 1.807) is 41.1 Å². The van der Waals surface area contributed by atoms with E-state index in [1.807, 2.05) is 58.1 Å². The van der Waals surface area contributed by atoms with Crippen LogP contribution >= 0.6 is 0 Å². The van der Waals surface area contributed by atoms with Crippen LogP contribution in [0.3, 0.4) is 0 Å². The van der Waals surface area contributed by atoms with Gasteiger partial charge in [-0.1, -0.05) is 71.1 Å². The third kappa shape index (κ3) is 18.3. The molecule has 4 aliphatic rings. The zero-order chi connectivity index (χ0) is 55.6. The number of hydrogen-bond acceptors (Lipinski definition) is 16. The number of piperidine rings is 1. The van der Waals surface area contributed by atoms with Crippen molar-refractivity contribution in [3.05, 3.63) is 47.6 Å². The van der Waals surface area contributed by atoms with Crippen molar-refractivity contribution in [2.75, 3.05) is 66.8 Å². The maximum Gasteiger partial charge on any atom is 0.329 e. The van der Waals surface area contributed by atoms with E-state index in [9.17, 15) is 37.5 Å². The molecule has 1 aliphatic carbocycles. The summed E-state index contributed by atoms with van der Waals surface area (Å²) in [5.74, 6) is -8.37. The molecule has 2 bridgehead atoms. The van der Waals surface area contributed by atoms with Crippen molar-refractivity contribution in [2.24, 2.45) is 35.5 Å². The van der Waals surface area contributed by atoms with Gasteiger partial charge in [-0.2, -0.15) is 0 Å². The molecule has 1 unspecified atom stereocenters. The van der Waals surface area contributed by atoms with E-state index in [2.05, 4.69) is 0 Å². The lowest BCUT2D eigenvalue weighted by Crippen LogP contribution is -2.61. The van der Waals surface area contributed by atoms with Gasteiger partial charge in [0.2, 0.25) is 5.79 Å². The van der Waals surface area contributed by atoms with Crippen molar-refractivity contribution in [3.8, 4) is 0 Å². The summed E-state index contributed by atoms with van der Waals surface area (Å²) in [5.41, 5.74) is 1.35. The molecule has 0 aromatic carbocycles. The molecule has 426 valence electrons. The number of methoxy groups -OCH3 is 5. The van der Waals surface area contributed by atoms with Gasteiger partial charge in [0, 0.05) is 72.7 Å². The summed E-state index contributed by atoms with van der Waals surface area (Å²) in [6.45, 7) is 12.8. The fourth-order valence-corrected chi connectivity index (χ4v) is 12.2. The first kappa shape index (κ1) is 64.1. The lowest BCUT2D eigenvalue weighted by atomic mass is 9.78. The second-order valence-electron chi connectivity index (χ2n) is 21.8. The Labute approximate surface area is 447 Å². The number of carbonyl (C=O) groups excluding carboxylic acids is 5. The smallest absolute Gasteiger partial charge is 0.329 e. The van der Waals surface area contributed by atoms with E-state index in [0.29, 0.717) is 44.1 Å². The van der Waals surface area contributed by atoms with Crippen molar-refractivity contribution < 1.29 is 75.4 Å². The van der Waals surface area contributed by atoms with Gasteiger partial charge in [-0.15, -0.1) is 0 Å². The molecule has 1 saturated carbocycles. The number of esters is 1. The maximum atomic E-state index is 14.6. The highest BCUT2D eigenvalue weighted by Crippen LogP contribution is 2.38. The van der Waals surface area contributed by atoms with E-state index in [4.69, 9.17) is 37.9 Å². The number of amides is 1. The van der Waals surface area contributed by atoms with Gasteiger partial charge in [0.25, 0.3) is 11.7 Å². The molecule has 1 N–H and O–H groups in total. The largest absolute Gasteiger partial charge is 0.460 e. The number of carbonyl (C=O) groups is 5. The Morgan fingerprint density at radius 3 is 2.15 bits per heavy atom. The van der Waals surface area contributed by atoms with Gasteiger partial charge in [0.05, 0.1) is 49.1 Å². The molecule has 4 rings (SSSR count). The number of Topliss-reactive ketones (excluding diaryl/α,β-unsaturated/α-hetero) is 3. The van der Waals surface area contributed by atoms with E-state index >= 15 is 0 Å². The van der Waals surface area contributed by atoms with Gasteiger partial charge in [-0.05, 0) is 107 Å². The molecule has 75 heavy (non-hydrogen) atoms. The second kappa shape index (κ2) is 30.6. The van der Waals surface area contributed by atoms with Crippen LogP contribution in [0.2, 0.25) is 0 Å². The molecule has 0 radical (unpaired) electrons. The molecule has 3 heterocycles. The Bertz CT molecular complexity index is 2120. The molecule has 2 saturated heterocycles. The number of allylic oxidation sites excluding steroid dienone is 6. The number of rotatable bonds is 14. The summed E-state index contributed by atoms with van der Waals surface area (Å²) in [6, 6.07) is -1.17. The molecule has 3 aliphatic heterocycles. The Morgan fingerprint density at radius 1 is 0.787 bits per heavy atom. The molecule has 17 nitrogen and oxygen atoms in total. The van der Waals surface area contributed by atoms with Crippen LogP contribution in [0.1, 0.15) is 126 Å². The third-order valence-electron chi connectivity index (χ3n) is 16.0. The predicted molar refractivity (Wildman–Crippen MR) is 284 cm³/mol. The van der Waals surface area contributed by atoms with Gasteiger partial charge in [0.1, 0.15) is 30.1 Å². The molecule has 1 amide bonds. The van der Waals surface area contributed by atoms with Crippen LogP contribution in [0.4, 0.5) is 0 Å². The Kier molecular flexibility index (Phi) is 26.2. The highest BCUT2D eigenvalue weighted by molar-refractivity contribution is 7.91. The first-order valence-corrected chi connectivity index (χ1v) is 29.0. The average Bonchev–Trinajstić information content (AvgIpc) is 3.38. The Morgan fingerprint density at radius 2 is 1.48 bits per heavy atom. The average molecular weight is 1080 g/mol. The number of hydrogen-bond donors (Lipinski definition) is 1. The minimum atomic E-state index is -3.50.